The van der Waals surface area contributed by atoms with Gasteiger partial charge in [-0.15, -0.1) is 17.8 Å². The summed E-state index contributed by atoms with van der Waals surface area (Å²) in [6, 6.07) is 1.88. The zero-order valence-corrected chi connectivity index (χ0v) is 7.11. The Morgan fingerprint density at radius 3 is 2.91 bits per heavy atom. The molecule has 1 heterocycles. The van der Waals surface area contributed by atoms with E-state index in [-0.39, 0.29) is 6.04 Å². The highest BCUT2D eigenvalue weighted by molar-refractivity contribution is 7.10. The van der Waals surface area contributed by atoms with Gasteiger partial charge in [-0.3, -0.25) is 5.84 Å². The van der Waals surface area contributed by atoms with Crippen LogP contribution in [0.4, 0.5) is 0 Å². The van der Waals surface area contributed by atoms with Gasteiger partial charge in [-0.1, -0.05) is 5.92 Å². The molecule has 0 aliphatic heterocycles. The zero-order valence-electron chi connectivity index (χ0n) is 6.29. The monoisotopic (exact) mass is 166 g/mol. The summed E-state index contributed by atoms with van der Waals surface area (Å²) in [5, 5.41) is 2.01. The molecule has 0 aliphatic rings. The third-order valence-corrected chi connectivity index (χ3v) is 2.30. The molecule has 0 aliphatic carbocycles. The van der Waals surface area contributed by atoms with Gasteiger partial charge in [0.2, 0.25) is 0 Å². The fourth-order valence-electron chi connectivity index (χ4n) is 0.856. The molecule has 1 aromatic heterocycles. The molecule has 58 valence electrons. The van der Waals surface area contributed by atoms with Gasteiger partial charge in [0.15, 0.2) is 0 Å². The molecule has 0 saturated heterocycles. The maximum atomic E-state index is 5.24. The van der Waals surface area contributed by atoms with Gasteiger partial charge >= 0.3 is 0 Å². The second kappa shape index (κ2) is 3.54. The average Bonchev–Trinajstić information content (AvgIpc) is 2.39. The van der Waals surface area contributed by atoms with Crippen molar-refractivity contribution in [2.24, 2.45) is 5.84 Å². The van der Waals surface area contributed by atoms with Crippen LogP contribution in [0.3, 0.4) is 0 Å². The molecular weight excluding hydrogens is 156 g/mol. The second-order valence-electron chi connectivity index (χ2n) is 2.26. The molecule has 0 spiro atoms. The number of hydrogen-bond donors (Lipinski definition) is 2. The Morgan fingerprint density at radius 1 is 1.82 bits per heavy atom. The van der Waals surface area contributed by atoms with Crippen LogP contribution < -0.4 is 11.3 Å². The number of thiophene rings is 1. The molecule has 2 nitrogen and oxygen atoms in total. The van der Waals surface area contributed by atoms with Gasteiger partial charge in [0.25, 0.3) is 0 Å². The lowest BCUT2D eigenvalue weighted by Gasteiger charge is -2.04. The van der Waals surface area contributed by atoms with E-state index in [0.29, 0.717) is 0 Å². The van der Waals surface area contributed by atoms with Crippen molar-refractivity contribution in [2.75, 3.05) is 0 Å². The van der Waals surface area contributed by atoms with Crippen LogP contribution in [0, 0.1) is 19.3 Å². The van der Waals surface area contributed by atoms with Crippen LogP contribution in [-0.4, -0.2) is 0 Å². The molecule has 3 heteroatoms. The van der Waals surface area contributed by atoms with Crippen molar-refractivity contribution in [3.8, 4) is 12.3 Å². The molecule has 0 bridgehead atoms. The first-order chi connectivity index (χ1) is 5.27. The van der Waals surface area contributed by atoms with Crippen molar-refractivity contribution < 1.29 is 0 Å². The summed E-state index contributed by atoms with van der Waals surface area (Å²) in [5.74, 6) is 7.79. The van der Waals surface area contributed by atoms with E-state index < -0.39 is 0 Å². The number of terminal acetylenes is 1. The third-order valence-electron chi connectivity index (χ3n) is 1.42. The van der Waals surface area contributed by atoms with E-state index in [2.05, 4.69) is 11.3 Å². The SMILES string of the molecule is C#CC(NN)c1csc(C)c1. The van der Waals surface area contributed by atoms with Crippen molar-refractivity contribution in [2.45, 2.75) is 13.0 Å². The van der Waals surface area contributed by atoms with Gasteiger partial charge in [0, 0.05) is 4.88 Å². The van der Waals surface area contributed by atoms with Gasteiger partial charge in [-0.05, 0) is 23.9 Å². The second-order valence-corrected chi connectivity index (χ2v) is 3.37. The summed E-state index contributed by atoms with van der Waals surface area (Å²) in [6.07, 6.45) is 5.24. The van der Waals surface area contributed by atoms with Gasteiger partial charge in [-0.25, -0.2) is 5.43 Å². The van der Waals surface area contributed by atoms with E-state index in [9.17, 15) is 0 Å². The van der Waals surface area contributed by atoms with Gasteiger partial charge in [0.05, 0.1) is 0 Å². The molecule has 1 atom stereocenters. The maximum Gasteiger partial charge on any atom is 0.107 e. The lowest BCUT2D eigenvalue weighted by atomic mass is 10.2. The fourth-order valence-corrected chi connectivity index (χ4v) is 1.59. The minimum atomic E-state index is -0.153. The predicted octanol–water partition coefficient (Wildman–Crippen LogP) is 1.19. The summed E-state index contributed by atoms with van der Waals surface area (Å²) in [4.78, 5) is 1.25. The topological polar surface area (TPSA) is 38.0 Å². The largest absolute Gasteiger partial charge is 0.270 e. The number of rotatable bonds is 2. The Hall–Kier alpha value is -0.820. The smallest absolute Gasteiger partial charge is 0.107 e. The lowest BCUT2D eigenvalue weighted by Crippen LogP contribution is -2.26. The minimum Gasteiger partial charge on any atom is -0.270 e. The molecule has 1 aromatic rings. The van der Waals surface area contributed by atoms with Crippen molar-refractivity contribution in [3.05, 3.63) is 21.9 Å². The highest BCUT2D eigenvalue weighted by atomic mass is 32.1. The van der Waals surface area contributed by atoms with E-state index in [1.807, 2.05) is 18.4 Å². The van der Waals surface area contributed by atoms with Gasteiger partial charge in [0.1, 0.15) is 6.04 Å². The van der Waals surface area contributed by atoms with Gasteiger partial charge in [-0.2, -0.15) is 0 Å². The Balaban J connectivity index is 2.84. The number of aryl methyl sites for hydroxylation is 1. The summed E-state index contributed by atoms with van der Waals surface area (Å²) >= 11 is 1.67. The number of nitrogens with one attached hydrogen (secondary N) is 1. The summed E-state index contributed by atoms with van der Waals surface area (Å²) in [6.45, 7) is 2.04. The summed E-state index contributed by atoms with van der Waals surface area (Å²) < 4.78 is 0. The predicted molar refractivity (Wildman–Crippen MR) is 48.0 cm³/mol. The molecule has 0 fully saturated rings. The summed E-state index contributed by atoms with van der Waals surface area (Å²) in [7, 11) is 0. The normalized spacial score (nSPS) is 12.5. The van der Waals surface area contributed by atoms with Crippen molar-refractivity contribution in [1.29, 1.82) is 0 Å². The zero-order chi connectivity index (χ0) is 8.27. The highest BCUT2D eigenvalue weighted by Crippen LogP contribution is 2.18. The lowest BCUT2D eigenvalue weighted by molar-refractivity contribution is 0.675. The minimum absolute atomic E-state index is 0.153. The Kier molecular flexibility index (Phi) is 2.66. The Bertz CT molecular complexity index is 272. The molecular formula is C8H10N2S. The fraction of sp³-hybridized carbons (Fsp3) is 0.250. The van der Waals surface area contributed by atoms with E-state index in [4.69, 9.17) is 12.3 Å². The van der Waals surface area contributed by atoms with Crippen molar-refractivity contribution in [3.63, 3.8) is 0 Å². The molecule has 1 rings (SSSR count). The molecule has 1 unspecified atom stereocenters. The molecule has 3 N–H and O–H groups in total. The quantitative estimate of drug-likeness (QED) is 0.393. The van der Waals surface area contributed by atoms with E-state index in [0.717, 1.165) is 5.56 Å². The first-order valence-corrected chi connectivity index (χ1v) is 4.13. The van der Waals surface area contributed by atoms with Crippen LogP contribution >= 0.6 is 11.3 Å². The van der Waals surface area contributed by atoms with Crippen LogP contribution in [0.25, 0.3) is 0 Å². The van der Waals surface area contributed by atoms with Gasteiger partial charge < -0.3 is 0 Å². The van der Waals surface area contributed by atoms with E-state index in [1.54, 1.807) is 11.3 Å². The Morgan fingerprint density at radius 2 is 2.55 bits per heavy atom. The first-order valence-electron chi connectivity index (χ1n) is 3.25. The maximum absolute atomic E-state index is 5.24. The number of hydrazine groups is 1. The molecule has 0 aromatic carbocycles. The highest BCUT2D eigenvalue weighted by Gasteiger charge is 2.05. The van der Waals surface area contributed by atoms with Crippen LogP contribution in [0.2, 0.25) is 0 Å². The van der Waals surface area contributed by atoms with Crippen LogP contribution in [0.1, 0.15) is 16.5 Å². The molecule has 0 saturated carbocycles. The van der Waals surface area contributed by atoms with Crippen LogP contribution in [0.15, 0.2) is 11.4 Å². The molecule has 0 amide bonds. The summed E-state index contributed by atoms with van der Waals surface area (Å²) in [5.41, 5.74) is 3.62. The third kappa shape index (κ3) is 1.81. The average molecular weight is 166 g/mol. The first kappa shape index (κ1) is 8.28. The number of nitrogens with two attached hydrogens (primary N) is 1. The van der Waals surface area contributed by atoms with E-state index >= 15 is 0 Å². The number of hydrogen-bond acceptors (Lipinski definition) is 3. The molecule has 0 radical (unpaired) electrons. The molecule has 11 heavy (non-hydrogen) atoms. The van der Waals surface area contributed by atoms with Crippen LogP contribution in [-0.2, 0) is 0 Å². The standard InChI is InChI=1S/C8H10N2S/c1-3-8(10-9)7-4-6(2)11-5-7/h1,4-5,8,10H,9H2,2H3. The van der Waals surface area contributed by atoms with Crippen molar-refractivity contribution in [1.82, 2.24) is 5.43 Å². The van der Waals surface area contributed by atoms with Crippen LogP contribution in [0.5, 0.6) is 0 Å². The Labute approximate surface area is 70.4 Å². The van der Waals surface area contributed by atoms with E-state index in [1.165, 1.54) is 4.88 Å². The van der Waals surface area contributed by atoms with Crippen molar-refractivity contribution >= 4 is 11.3 Å².